The van der Waals surface area contributed by atoms with Gasteiger partial charge in [0.15, 0.2) is 0 Å². The van der Waals surface area contributed by atoms with E-state index in [-0.39, 0.29) is 0 Å². The van der Waals surface area contributed by atoms with Gasteiger partial charge in [-0.1, -0.05) is 13.8 Å². The van der Waals surface area contributed by atoms with Crippen LogP contribution in [0.2, 0.25) is 0 Å². The summed E-state index contributed by atoms with van der Waals surface area (Å²) in [5.41, 5.74) is 2.01. The summed E-state index contributed by atoms with van der Waals surface area (Å²) in [6, 6.07) is 13.0. The van der Waals surface area contributed by atoms with E-state index in [1.54, 1.807) is 0 Å². The molecule has 5 heteroatoms. The number of hydrogen-bond acceptors (Lipinski definition) is 3. The second-order valence-electron chi connectivity index (χ2n) is 7.02. The molecule has 3 aromatic rings. The summed E-state index contributed by atoms with van der Waals surface area (Å²) in [5.74, 6) is 2.16. The second kappa shape index (κ2) is 8.09. The van der Waals surface area contributed by atoms with Crippen LogP contribution in [0.3, 0.4) is 0 Å². The Morgan fingerprint density at radius 2 is 1.15 bits per heavy atom. The molecule has 0 saturated heterocycles. The Balaban J connectivity index is 2.12. The molecule has 0 N–H and O–H groups in total. The Kier molecular flexibility index (Phi) is 5.80. The van der Waals surface area contributed by atoms with Crippen LogP contribution in [0.25, 0.3) is 20.2 Å². The van der Waals surface area contributed by atoms with Crippen molar-refractivity contribution in [1.82, 2.24) is 9.80 Å². The van der Waals surface area contributed by atoms with Crippen LogP contribution in [0, 0.1) is 0 Å². The van der Waals surface area contributed by atoms with Crippen molar-refractivity contribution >= 4 is 54.6 Å². The van der Waals surface area contributed by atoms with Crippen LogP contribution in [0.15, 0.2) is 46.4 Å². The molecule has 0 aliphatic carbocycles. The summed E-state index contributed by atoms with van der Waals surface area (Å²) in [5, 5.41) is 2.51. The molecule has 27 heavy (non-hydrogen) atoms. The van der Waals surface area contributed by atoms with Gasteiger partial charge < -0.3 is 9.80 Å². The third kappa shape index (κ3) is 4.14. The highest BCUT2D eigenvalue weighted by molar-refractivity contribution is 7.25. The number of hydrogen-bond donors (Lipinski definition) is 0. The third-order valence-electron chi connectivity index (χ3n) is 4.62. The largest absolute Gasteiger partial charge is 0.366 e. The van der Waals surface area contributed by atoms with Gasteiger partial charge in [0.25, 0.3) is 0 Å². The van der Waals surface area contributed by atoms with Crippen molar-refractivity contribution in [1.29, 1.82) is 0 Å². The molecule has 0 aliphatic rings. The summed E-state index contributed by atoms with van der Waals surface area (Å²) < 4.78 is 2.58. The molecule has 0 atom stereocenters. The van der Waals surface area contributed by atoms with Gasteiger partial charge in [-0.2, -0.15) is 0 Å². The average Bonchev–Trinajstić information content (AvgIpc) is 3.00. The van der Waals surface area contributed by atoms with Crippen molar-refractivity contribution in [3.05, 3.63) is 36.4 Å². The lowest BCUT2D eigenvalue weighted by Gasteiger charge is -2.14. The molecule has 1 aromatic heterocycles. The van der Waals surface area contributed by atoms with E-state index in [4.69, 9.17) is 9.98 Å². The highest BCUT2D eigenvalue weighted by Crippen LogP contribution is 2.38. The zero-order valence-electron chi connectivity index (χ0n) is 17.1. The van der Waals surface area contributed by atoms with Crippen LogP contribution in [-0.4, -0.2) is 49.7 Å². The van der Waals surface area contributed by atoms with Crippen molar-refractivity contribution in [3.8, 4) is 0 Å². The van der Waals surface area contributed by atoms with Crippen LogP contribution in [0.4, 0.5) is 11.4 Å². The predicted octanol–water partition coefficient (Wildman–Crippen LogP) is 6.06. The predicted molar refractivity (Wildman–Crippen MR) is 121 cm³/mol. The zero-order valence-corrected chi connectivity index (χ0v) is 17.9. The molecule has 3 rings (SSSR count). The normalized spacial score (nSPS) is 12.8. The van der Waals surface area contributed by atoms with Crippen molar-refractivity contribution in [3.63, 3.8) is 0 Å². The molecule has 4 nitrogen and oxygen atoms in total. The smallest absolute Gasteiger partial charge is 0.104 e. The highest BCUT2D eigenvalue weighted by Gasteiger charge is 2.08. The number of rotatable bonds is 4. The van der Waals surface area contributed by atoms with Gasteiger partial charge in [0.2, 0.25) is 0 Å². The van der Waals surface area contributed by atoms with E-state index >= 15 is 0 Å². The maximum Gasteiger partial charge on any atom is 0.104 e. The lowest BCUT2D eigenvalue weighted by atomic mass is 10.1. The summed E-state index contributed by atoms with van der Waals surface area (Å²) in [7, 11) is 8.17. The Morgan fingerprint density at radius 3 is 1.48 bits per heavy atom. The standard InChI is InChI=1S/C22H28N4S/c1-7-21(25(3)4)23-15-9-11-19-17(13-15)18-14-16(10-12-20(18)27-19)24-22(8-2)26(5)6/h9-14H,7-8H2,1-6H3. The Labute approximate surface area is 165 Å². The van der Waals surface area contributed by atoms with Crippen LogP contribution in [0.5, 0.6) is 0 Å². The summed E-state index contributed by atoms with van der Waals surface area (Å²) >= 11 is 1.82. The Bertz CT molecular complexity index is 931. The topological polar surface area (TPSA) is 31.2 Å². The minimum atomic E-state index is 0.915. The van der Waals surface area contributed by atoms with Gasteiger partial charge in [-0.05, 0) is 36.4 Å². The van der Waals surface area contributed by atoms with Crippen LogP contribution in [-0.2, 0) is 0 Å². The van der Waals surface area contributed by atoms with E-state index in [0.29, 0.717) is 0 Å². The van der Waals surface area contributed by atoms with Crippen molar-refractivity contribution in [2.75, 3.05) is 28.2 Å². The zero-order chi connectivity index (χ0) is 19.6. The van der Waals surface area contributed by atoms with Gasteiger partial charge in [-0.3, -0.25) is 0 Å². The summed E-state index contributed by atoms with van der Waals surface area (Å²) in [4.78, 5) is 13.8. The molecule has 0 aliphatic heterocycles. The second-order valence-corrected chi connectivity index (χ2v) is 8.10. The third-order valence-corrected chi connectivity index (χ3v) is 5.77. The molecule has 0 amide bonds. The number of amidine groups is 2. The van der Waals surface area contributed by atoms with Crippen molar-refractivity contribution in [2.45, 2.75) is 26.7 Å². The fraction of sp³-hybridized carbons (Fsp3) is 0.364. The molecule has 2 aromatic carbocycles. The van der Waals surface area contributed by atoms with Gasteiger partial charge in [-0.15, -0.1) is 11.3 Å². The molecule has 1 heterocycles. The number of thiophene rings is 1. The first kappa shape index (κ1) is 19.4. The number of benzene rings is 2. The number of aliphatic imine (C=N–C) groups is 2. The monoisotopic (exact) mass is 380 g/mol. The van der Waals surface area contributed by atoms with Crippen molar-refractivity contribution in [2.24, 2.45) is 9.98 Å². The number of nitrogens with zero attached hydrogens (tertiary/aromatic N) is 4. The maximum absolute atomic E-state index is 4.83. The minimum absolute atomic E-state index is 0.915. The first-order chi connectivity index (χ1) is 12.9. The van der Waals surface area contributed by atoms with E-state index in [1.807, 2.05) is 39.5 Å². The van der Waals surface area contributed by atoms with Gasteiger partial charge in [0.05, 0.1) is 11.4 Å². The maximum atomic E-state index is 4.83. The first-order valence-electron chi connectivity index (χ1n) is 9.39. The molecule has 0 radical (unpaired) electrons. The SMILES string of the molecule is CCC(=Nc1ccc2sc3ccc(N=C(CC)N(C)C)cc3c2c1)N(C)C. The van der Waals surface area contributed by atoms with Gasteiger partial charge in [-0.25, -0.2) is 9.98 Å². The van der Waals surface area contributed by atoms with E-state index in [1.165, 1.54) is 20.2 Å². The van der Waals surface area contributed by atoms with Crippen molar-refractivity contribution < 1.29 is 0 Å². The number of fused-ring (bicyclic) bond motifs is 3. The molecule has 0 spiro atoms. The van der Waals surface area contributed by atoms with Gasteiger partial charge in [0, 0.05) is 61.2 Å². The molecule has 0 bridgehead atoms. The van der Waals surface area contributed by atoms with E-state index in [0.717, 1.165) is 35.9 Å². The van der Waals surface area contributed by atoms with E-state index < -0.39 is 0 Å². The Hall–Kier alpha value is -2.40. The van der Waals surface area contributed by atoms with E-state index in [2.05, 4.69) is 60.0 Å². The van der Waals surface area contributed by atoms with Crippen LogP contribution < -0.4 is 0 Å². The fourth-order valence-corrected chi connectivity index (χ4v) is 4.25. The minimum Gasteiger partial charge on any atom is -0.366 e. The van der Waals surface area contributed by atoms with Gasteiger partial charge >= 0.3 is 0 Å². The Morgan fingerprint density at radius 1 is 0.741 bits per heavy atom. The molecular weight excluding hydrogens is 352 g/mol. The summed E-state index contributed by atoms with van der Waals surface area (Å²) in [6.07, 6.45) is 1.83. The molecule has 0 saturated carbocycles. The summed E-state index contributed by atoms with van der Waals surface area (Å²) in [6.45, 7) is 4.27. The molecule has 0 fully saturated rings. The van der Waals surface area contributed by atoms with Gasteiger partial charge in [0.1, 0.15) is 11.7 Å². The molecule has 142 valence electrons. The fourth-order valence-electron chi connectivity index (χ4n) is 3.18. The lowest BCUT2D eigenvalue weighted by molar-refractivity contribution is 0.608. The first-order valence-corrected chi connectivity index (χ1v) is 10.2. The highest BCUT2D eigenvalue weighted by atomic mass is 32.1. The van der Waals surface area contributed by atoms with Crippen LogP contribution in [0.1, 0.15) is 26.7 Å². The van der Waals surface area contributed by atoms with E-state index in [9.17, 15) is 0 Å². The van der Waals surface area contributed by atoms with Crippen LogP contribution >= 0.6 is 11.3 Å². The average molecular weight is 381 g/mol. The quantitative estimate of drug-likeness (QED) is 0.407. The molecule has 0 unspecified atom stereocenters. The lowest BCUT2D eigenvalue weighted by Crippen LogP contribution is -2.20. The molecular formula is C22H28N4S.